The zero-order chi connectivity index (χ0) is 17.3. The molecule has 0 radical (unpaired) electrons. The number of imidazole rings is 1. The quantitative estimate of drug-likeness (QED) is 0.913. The number of benzene rings is 1. The summed E-state index contributed by atoms with van der Waals surface area (Å²) in [5, 5.41) is 3.20. The van der Waals surface area contributed by atoms with E-state index in [0.29, 0.717) is 25.2 Å². The molecule has 0 saturated carbocycles. The summed E-state index contributed by atoms with van der Waals surface area (Å²) in [6, 6.07) is 5.75. The van der Waals surface area contributed by atoms with Gasteiger partial charge >= 0.3 is 0 Å². The van der Waals surface area contributed by atoms with Gasteiger partial charge in [-0.05, 0) is 31.5 Å². The third-order valence-electron chi connectivity index (χ3n) is 4.17. The molecule has 0 amide bonds. The molecule has 24 heavy (non-hydrogen) atoms. The monoisotopic (exact) mass is 352 g/mol. The maximum atomic E-state index is 13.6. The maximum absolute atomic E-state index is 13.6. The van der Waals surface area contributed by atoms with Gasteiger partial charge in [0.15, 0.2) is 5.03 Å². The Morgan fingerprint density at radius 3 is 2.83 bits per heavy atom. The summed E-state index contributed by atoms with van der Waals surface area (Å²) < 4.78 is 42.8. The van der Waals surface area contributed by atoms with Crippen LogP contribution in [0.1, 0.15) is 31.5 Å². The first-order valence-electron chi connectivity index (χ1n) is 7.91. The van der Waals surface area contributed by atoms with E-state index in [9.17, 15) is 12.8 Å². The molecule has 0 spiro atoms. The number of rotatable bonds is 4. The molecular weight excluding hydrogens is 331 g/mol. The predicted octanol–water partition coefficient (Wildman–Crippen LogP) is 1.94. The van der Waals surface area contributed by atoms with E-state index in [1.54, 1.807) is 22.9 Å². The molecule has 2 aromatic rings. The summed E-state index contributed by atoms with van der Waals surface area (Å²) in [5.74, 6) is -0.375. The first-order chi connectivity index (χ1) is 11.4. The van der Waals surface area contributed by atoms with Gasteiger partial charge in [0.25, 0.3) is 10.0 Å². The summed E-state index contributed by atoms with van der Waals surface area (Å²) in [6.07, 6.45) is 3.07. The molecule has 2 heterocycles. The number of aromatic nitrogens is 2. The van der Waals surface area contributed by atoms with Crippen LogP contribution in [-0.2, 0) is 10.0 Å². The van der Waals surface area contributed by atoms with Gasteiger partial charge < -0.3 is 9.88 Å². The van der Waals surface area contributed by atoms with Gasteiger partial charge in [0, 0.05) is 31.9 Å². The van der Waals surface area contributed by atoms with Gasteiger partial charge in [-0.15, -0.1) is 0 Å². The van der Waals surface area contributed by atoms with Crippen molar-refractivity contribution in [3.8, 4) is 0 Å². The van der Waals surface area contributed by atoms with Crippen LogP contribution in [-0.4, -0.2) is 41.9 Å². The Kier molecular flexibility index (Phi) is 4.71. The normalized spacial score (nSPS) is 19.8. The highest BCUT2D eigenvalue weighted by atomic mass is 32.2. The van der Waals surface area contributed by atoms with Gasteiger partial charge in [-0.25, -0.2) is 17.8 Å². The molecule has 1 N–H and O–H groups in total. The maximum Gasteiger partial charge on any atom is 0.262 e. The Morgan fingerprint density at radius 2 is 2.17 bits per heavy atom. The Labute approximate surface area is 141 Å². The van der Waals surface area contributed by atoms with Crippen LogP contribution in [0.4, 0.5) is 4.39 Å². The number of nitrogens with one attached hydrogen (secondary N) is 1. The average Bonchev–Trinajstić information content (AvgIpc) is 3.06. The average molecular weight is 352 g/mol. The van der Waals surface area contributed by atoms with Crippen molar-refractivity contribution in [2.75, 3.05) is 19.6 Å². The summed E-state index contributed by atoms with van der Waals surface area (Å²) in [6.45, 7) is 5.22. The number of piperazine rings is 1. The fraction of sp³-hybridized carbons (Fsp3) is 0.438. The van der Waals surface area contributed by atoms with E-state index < -0.39 is 16.1 Å². The number of sulfonamides is 1. The lowest BCUT2D eigenvalue weighted by Crippen LogP contribution is -2.48. The van der Waals surface area contributed by atoms with Crippen molar-refractivity contribution in [3.63, 3.8) is 0 Å². The molecule has 1 aromatic carbocycles. The second-order valence-electron chi connectivity index (χ2n) is 6.14. The minimum absolute atomic E-state index is 0.0273. The van der Waals surface area contributed by atoms with Crippen molar-refractivity contribution in [1.82, 2.24) is 19.2 Å². The van der Waals surface area contributed by atoms with E-state index in [4.69, 9.17) is 0 Å². The van der Waals surface area contributed by atoms with Gasteiger partial charge in [-0.2, -0.15) is 4.31 Å². The van der Waals surface area contributed by atoms with Crippen LogP contribution in [0.25, 0.3) is 0 Å². The zero-order valence-corrected chi connectivity index (χ0v) is 14.5. The van der Waals surface area contributed by atoms with Gasteiger partial charge in [0.2, 0.25) is 0 Å². The summed E-state index contributed by atoms with van der Waals surface area (Å²) in [5.41, 5.74) is 0.633. The molecule has 1 aliphatic rings. The van der Waals surface area contributed by atoms with Gasteiger partial charge in [-0.3, -0.25) is 0 Å². The van der Waals surface area contributed by atoms with Gasteiger partial charge in [-0.1, -0.05) is 12.1 Å². The Bertz CT molecular complexity index is 819. The van der Waals surface area contributed by atoms with E-state index in [-0.39, 0.29) is 16.9 Å². The van der Waals surface area contributed by atoms with Crippen molar-refractivity contribution in [2.24, 2.45) is 0 Å². The lowest BCUT2D eigenvalue weighted by Gasteiger charge is -2.34. The fourth-order valence-electron chi connectivity index (χ4n) is 2.82. The second-order valence-corrected chi connectivity index (χ2v) is 7.98. The molecule has 1 aromatic heterocycles. The van der Waals surface area contributed by atoms with Crippen LogP contribution in [0.15, 0.2) is 41.8 Å². The summed E-state index contributed by atoms with van der Waals surface area (Å²) in [4.78, 5) is 4.07. The van der Waals surface area contributed by atoms with Crippen molar-refractivity contribution in [2.45, 2.75) is 31.0 Å². The van der Waals surface area contributed by atoms with Gasteiger partial charge in [0.1, 0.15) is 5.82 Å². The molecular formula is C16H21FN4O2S. The smallest absolute Gasteiger partial charge is 0.262 e. The zero-order valence-electron chi connectivity index (χ0n) is 13.7. The Morgan fingerprint density at radius 1 is 1.38 bits per heavy atom. The van der Waals surface area contributed by atoms with Crippen LogP contribution >= 0.6 is 0 Å². The molecule has 0 bridgehead atoms. The molecule has 0 aliphatic carbocycles. The predicted molar refractivity (Wildman–Crippen MR) is 88.5 cm³/mol. The standard InChI is InChI=1S/C16H21FN4O2S/c1-12(2)20-10-16(19-11-20)24(22,23)21-7-6-18-9-15(21)13-4-3-5-14(17)8-13/h3-5,8,10-12,15,18H,6-7,9H2,1-2H3. The van der Waals surface area contributed by atoms with Crippen molar-refractivity contribution in [3.05, 3.63) is 48.2 Å². The van der Waals surface area contributed by atoms with Crippen LogP contribution < -0.4 is 5.32 Å². The minimum Gasteiger partial charge on any atom is -0.334 e. The number of hydrogen-bond donors (Lipinski definition) is 1. The van der Waals surface area contributed by atoms with Crippen molar-refractivity contribution >= 4 is 10.0 Å². The molecule has 1 unspecified atom stereocenters. The lowest BCUT2D eigenvalue weighted by atomic mass is 10.1. The van der Waals surface area contributed by atoms with E-state index in [1.807, 2.05) is 13.8 Å². The van der Waals surface area contributed by atoms with Crippen LogP contribution in [0.3, 0.4) is 0 Å². The lowest BCUT2D eigenvalue weighted by molar-refractivity contribution is 0.270. The molecule has 3 rings (SSSR count). The molecule has 1 aliphatic heterocycles. The summed E-state index contributed by atoms with van der Waals surface area (Å²) >= 11 is 0. The largest absolute Gasteiger partial charge is 0.334 e. The third kappa shape index (κ3) is 3.22. The number of hydrogen-bond acceptors (Lipinski definition) is 4. The molecule has 6 nitrogen and oxygen atoms in total. The van der Waals surface area contributed by atoms with Crippen molar-refractivity contribution < 1.29 is 12.8 Å². The van der Waals surface area contributed by atoms with Crippen LogP contribution in [0.5, 0.6) is 0 Å². The summed E-state index contributed by atoms with van der Waals surface area (Å²) in [7, 11) is -3.75. The van der Waals surface area contributed by atoms with E-state index in [2.05, 4.69) is 10.3 Å². The number of nitrogens with zero attached hydrogens (tertiary/aromatic N) is 3. The molecule has 1 atom stereocenters. The molecule has 8 heteroatoms. The molecule has 130 valence electrons. The van der Waals surface area contributed by atoms with Crippen LogP contribution in [0, 0.1) is 5.82 Å². The molecule has 1 fully saturated rings. The third-order valence-corrected chi connectivity index (χ3v) is 5.97. The molecule has 1 saturated heterocycles. The highest BCUT2D eigenvalue weighted by molar-refractivity contribution is 7.89. The first-order valence-corrected chi connectivity index (χ1v) is 9.35. The highest BCUT2D eigenvalue weighted by Gasteiger charge is 2.36. The highest BCUT2D eigenvalue weighted by Crippen LogP contribution is 2.28. The van der Waals surface area contributed by atoms with E-state index in [0.717, 1.165) is 0 Å². The van der Waals surface area contributed by atoms with E-state index >= 15 is 0 Å². The van der Waals surface area contributed by atoms with Gasteiger partial charge in [0.05, 0.1) is 12.4 Å². The second kappa shape index (κ2) is 6.62. The first kappa shape index (κ1) is 17.1. The topological polar surface area (TPSA) is 67.2 Å². The Hall–Kier alpha value is -1.77. The Balaban J connectivity index is 1.97. The van der Waals surface area contributed by atoms with E-state index in [1.165, 1.54) is 22.8 Å². The van der Waals surface area contributed by atoms with Crippen LogP contribution in [0.2, 0.25) is 0 Å². The number of halogens is 1. The minimum atomic E-state index is -3.75. The van der Waals surface area contributed by atoms with Crippen molar-refractivity contribution in [1.29, 1.82) is 0 Å². The fourth-order valence-corrected chi connectivity index (χ4v) is 4.36. The SMILES string of the molecule is CC(C)n1cnc(S(=O)(=O)N2CCNCC2c2cccc(F)c2)c1.